The van der Waals surface area contributed by atoms with Crippen molar-refractivity contribution in [2.45, 2.75) is 119 Å². The molecule has 34 heavy (non-hydrogen) atoms. The lowest BCUT2D eigenvalue weighted by Gasteiger charge is -2.16. The van der Waals surface area contributed by atoms with Gasteiger partial charge in [0, 0.05) is 23.7 Å². The lowest BCUT2D eigenvalue weighted by molar-refractivity contribution is -0.138. The molecule has 0 aliphatic carbocycles. The van der Waals surface area contributed by atoms with Crippen LogP contribution in [0.5, 0.6) is 0 Å². The Morgan fingerprint density at radius 1 is 0.500 bits per heavy atom. The van der Waals surface area contributed by atoms with Crippen LogP contribution in [0.25, 0.3) is 0 Å². The van der Waals surface area contributed by atoms with Gasteiger partial charge in [0.1, 0.15) is 0 Å². The molecule has 0 bridgehead atoms. The van der Waals surface area contributed by atoms with Gasteiger partial charge in [0.25, 0.3) is 0 Å². The number of carboxylic acids is 2. The number of carbonyl (C=O) groups is 2. The molecule has 0 aliphatic rings. The monoisotopic (exact) mass is 496 g/mol. The molecule has 0 aromatic rings. The first-order chi connectivity index (χ1) is 15.8. The molecule has 0 amide bonds. The van der Waals surface area contributed by atoms with E-state index in [2.05, 4.69) is 13.8 Å². The smallest absolute Gasteiger partial charge is 0.303 e. The Bertz CT molecular complexity index is 385. The number of aliphatic hydroxyl groups excluding tert-OH is 4. The molecule has 0 saturated heterocycles. The van der Waals surface area contributed by atoms with Crippen molar-refractivity contribution in [3.05, 3.63) is 0 Å². The van der Waals surface area contributed by atoms with Crippen LogP contribution in [0.4, 0.5) is 0 Å². The number of aliphatic hydroxyl groups is 4. The number of carboxylic acid groups (broad SMARTS) is 2. The predicted molar refractivity (Wildman–Crippen MR) is 138 cm³/mol. The van der Waals surface area contributed by atoms with Gasteiger partial charge in [0.15, 0.2) is 0 Å². The van der Waals surface area contributed by atoms with E-state index in [9.17, 15) is 9.59 Å². The molecule has 0 rings (SSSR count). The standard InChI is InChI=1S/2C8H16O2.2C5H12O2/c2*1-2-3-4-5-6-7-8(9)10;2*1-5(2,3-6)4-7/h2*2-7H2,1H3,(H,9,10);2*6-7H,3-4H2,1-2H3. The zero-order chi connectivity index (χ0) is 27.5. The Morgan fingerprint density at radius 2 is 0.735 bits per heavy atom. The van der Waals surface area contributed by atoms with Crippen molar-refractivity contribution in [1.82, 2.24) is 0 Å². The molecule has 0 aliphatic heterocycles. The lowest BCUT2D eigenvalue weighted by atomic mass is 9.97. The molecule has 6 N–H and O–H groups in total. The first-order valence-electron chi connectivity index (χ1n) is 12.7. The summed E-state index contributed by atoms with van der Waals surface area (Å²) in [5, 5.41) is 50.3. The van der Waals surface area contributed by atoms with E-state index in [0.29, 0.717) is 12.8 Å². The third kappa shape index (κ3) is 44.5. The fourth-order valence-corrected chi connectivity index (χ4v) is 1.86. The van der Waals surface area contributed by atoms with Gasteiger partial charge >= 0.3 is 11.9 Å². The molecule has 208 valence electrons. The number of rotatable bonds is 16. The van der Waals surface area contributed by atoms with E-state index in [1.54, 1.807) is 27.7 Å². The normalized spacial score (nSPS) is 10.6. The van der Waals surface area contributed by atoms with Gasteiger partial charge in [-0.05, 0) is 12.8 Å². The van der Waals surface area contributed by atoms with Crippen LogP contribution in [-0.4, -0.2) is 69.0 Å². The summed E-state index contributed by atoms with van der Waals surface area (Å²) in [4.78, 5) is 20.1. The zero-order valence-electron chi connectivity index (χ0n) is 22.8. The maximum Gasteiger partial charge on any atom is 0.303 e. The fraction of sp³-hybridized carbons (Fsp3) is 0.923. The molecular weight excluding hydrogens is 440 g/mol. The number of aliphatic carboxylic acids is 2. The van der Waals surface area contributed by atoms with Crippen molar-refractivity contribution in [1.29, 1.82) is 0 Å². The maximum atomic E-state index is 10.0. The molecule has 0 aromatic carbocycles. The second kappa shape index (κ2) is 28.0. The summed E-state index contributed by atoms with van der Waals surface area (Å²) in [5.41, 5.74) is -0.611. The summed E-state index contributed by atoms with van der Waals surface area (Å²) < 4.78 is 0. The van der Waals surface area contributed by atoms with Gasteiger partial charge in [-0.25, -0.2) is 0 Å². The van der Waals surface area contributed by atoms with Gasteiger partial charge in [-0.1, -0.05) is 92.9 Å². The van der Waals surface area contributed by atoms with Crippen molar-refractivity contribution in [2.24, 2.45) is 10.8 Å². The van der Waals surface area contributed by atoms with Crippen LogP contribution in [-0.2, 0) is 9.59 Å². The van der Waals surface area contributed by atoms with E-state index in [-0.39, 0.29) is 37.3 Å². The summed E-state index contributed by atoms with van der Waals surface area (Å²) in [6.45, 7) is 11.7. The molecule has 8 nitrogen and oxygen atoms in total. The van der Waals surface area contributed by atoms with Gasteiger partial charge in [-0.15, -0.1) is 0 Å². The minimum absolute atomic E-state index is 0.0451. The summed E-state index contributed by atoms with van der Waals surface area (Å²) in [7, 11) is 0. The number of unbranched alkanes of at least 4 members (excludes halogenated alkanes) is 8. The topological polar surface area (TPSA) is 156 Å². The predicted octanol–water partition coefficient (Wildman–Crippen LogP) is 4.86. The van der Waals surface area contributed by atoms with Crippen LogP contribution in [0.3, 0.4) is 0 Å². The summed E-state index contributed by atoms with van der Waals surface area (Å²) in [6.07, 6.45) is 11.8. The highest BCUT2D eigenvalue weighted by Crippen LogP contribution is 2.10. The molecular formula is C26H56O8. The molecule has 0 saturated carbocycles. The van der Waals surface area contributed by atoms with Gasteiger partial charge in [-0.2, -0.15) is 0 Å². The van der Waals surface area contributed by atoms with E-state index < -0.39 is 11.9 Å². The van der Waals surface area contributed by atoms with Crippen molar-refractivity contribution < 1.29 is 40.2 Å². The second-order valence-corrected chi connectivity index (χ2v) is 10.1. The quantitative estimate of drug-likeness (QED) is 0.165. The number of hydrogen-bond donors (Lipinski definition) is 6. The molecule has 0 radical (unpaired) electrons. The van der Waals surface area contributed by atoms with E-state index in [0.717, 1.165) is 25.7 Å². The van der Waals surface area contributed by atoms with Gasteiger partial charge in [0.05, 0.1) is 26.4 Å². The Kier molecular flexibility index (Phi) is 32.9. The highest BCUT2D eigenvalue weighted by atomic mass is 16.4. The Balaban J connectivity index is -0.000000179. The number of hydrogen-bond acceptors (Lipinski definition) is 6. The first-order valence-corrected chi connectivity index (χ1v) is 12.7. The first kappa shape index (κ1) is 40.0. The highest BCUT2D eigenvalue weighted by molar-refractivity contribution is 5.66. The van der Waals surface area contributed by atoms with Crippen molar-refractivity contribution in [3.8, 4) is 0 Å². The third-order valence-corrected chi connectivity index (χ3v) is 4.70. The van der Waals surface area contributed by atoms with Crippen LogP contribution in [0, 0.1) is 10.8 Å². The Morgan fingerprint density at radius 3 is 0.882 bits per heavy atom. The van der Waals surface area contributed by atoms with Crippen molar-refractivity contribution in [3.63, 3.8) is 0 Å². The van der Waals surface area contributed by atoms with E-state index in [1.165, 1.54) is 38.5 Å². The summed E-state index contributed by atoms with van der Waals surface area (Å²) >= 11 is 0. The second-order valence-electron chi connectivity index (χ2n) is 10.1. The van der Waals surface area contributed by atoms with Gasteiger partial charge in [0.2, 0.25) is 0 Å². The van der Waals surface area contributed by atoms with Gasteiger partial charge in [-0.3, -0.25) is 9.59 Å². The van der Waals surface area contributed by atoms with Crippen molar-refractivity contribution >= 4 is 11.9 Å². The molecule has 0 fully saturated rings. The largest absolute Gasteiger partial charge is 0.481 e. The van der Waals surface area contributed by atoms with Crippen LogP contribution in [0.2, 0.25) is 0 Å². The Hall–Kier alpha value is -1.22. The molecule has 0 aromatic heterocycles. The average molecular weight is 497 g/mol. The highest BCUT2D eigenvalue weighted by Gasteiger charge is 2.13. The van der Waals surface area contributed by atoms with Gasteiger partial charge < -0.3 is 30.6 Å². The fourth-order valence-electron chi connectivity index (χ4n) is 1.86. The third-order valence-electron chi connectivity index (χ3n) is 4.70. The van der Waals surface area contributed by atoms with Crippen molar-refractivity contribution in [2.75, 3.05) is 26.4 Å². The molecule has 0 unspecified atom stereocenters. The van der Waals surface area contributed by atoms with E-state index >= 15 is 0 Å². The lowest BCUT2D eigenvalue weighted by Crippen LogP contribution is -2.20. The summed E-state index contributed by atoms with van der Waals surface area (Å²) in [5.74, 6) is -1.34. The maximum absolute atomic E-state index is 10.0. The van der Waals surface area contributed by atoms with Crippen LogP contribution >= 0.6 is 0 Å². The van der Waals surface area contributed by atoms with E-state index in [1.807, 2.05) is 0 Å². The minimum atomic E-state index is -0.670. The van der Waals surface area contributed by atoms with Crippen LogP contribution in [0.1, 0.15) is 119 Å². The van der Waals surface area contributed by atoms with Crippen LogP contribution in [0.15, 0.2) is 0 Å². The minimum Gasteiger partial charge on any atom is -0.481 e. The molecule has 0 spiro atoms. The van der Waals surface area contributed by atoms with E-state index in [4.69, 9.17) is 30.6 Å². The SMILES string of the molecule is CC(C)(CO)CO.CC(C)(CO)CO.CCCCCCCC(=O)O.CCCCCCCC(=O)O. The summed E-state index contributed by atoms with van der Waals surface area (Å²) in [6, 6.07) is 0. The molecule has 0 atom stereocenters. The Labute approximate surface area is 208 Å². The molecule has 8 heteroatoms. The average Bonchev–Trinajstić information content (AvgIpc) is 2.79. The van der Waals surface area contributed by atoms with Crippen LogP contribution < -0.4 is 0 Å². The molecule has 0 heterocycles. The zero-order valence-corrected chi connectivity index (χ0v) is 22.8.